The minimum atomic E-state index is -0.174. The van der Waals surface area contributed by atoms with Gasteiger partial charge in [0.15, 0.2) is 17.1 Å². The highest BCUT2D eigenvalue weighted by Gasteiger charge is 2.21. The number of oxazole rings is 1. The number of hydrogen-bond donors (Lipinski definition) is 0. The molecule has 0 saturated carbocycles. The Morgan fingerprint density at radius 1 is 1.10 bits per heavy atom. The van der Waals surface area contributed by atoms with Gasteiger partial charge in [-0.05, 0) is 56.7 Å². The fourth-order valence-electron chi connectivity index (χ4n) is 4.12. The maximum absolute atomic E-state index is 12.8. The van der Waals surface area contributed by atoms with Crippen molar-refractivity contribution in [3.63, 3.8) is 0 Å². The summed E-state index contributed by atoms with van der Waals surface area (Å²) >= 11 is 0. The first-order valence-corrected chi connectivity index (χ1v) is 10.1. The van der Waals surface area contributed by atoms with Gasteiger partial charge in [0.25, 0.3) is 5.56 Å². The predicted octanol–water partition coefficient (Wildman–Crippen LogP) is 3.41. The van der Waals surface area contributed by atoms with Gasteiger partial charge >= 0.3 is 0 Å². The highest BCUT2D eigenvalue weighted by atomic mass is 16.3. The van der Waals surface area contributed by atoms with Crippen molar-refractivity contribution in [3.05, 3.63) is 58.3 Å². The topological polar surface area (TPSA) is 76.5 Å². The summed E-state index contributed by atoms with van der Waals surface area (Å²) in [5, 5.41) is 4.63. The molecule has 0 N–H and O–H groups in total. The van der Waals surface area contributed by atoms with Crippen molar-refractivity contribution in [3.8, 4) is 11.3 Å². The average Bonchev–Trinajstić information content (AvgIpc) is 3.12. The van der Waals surface area contributed by atoms with Crippen molar-refractivity contribution in [2.75, 3.05) is 19.6 Å². The molecule has 0 atom stereocenters. The average molecular weight is 389 g/mol. The van der Waals surface area contributed by atoms with E-state index in [1.54, 1.807) is 0 Å². The van der Waals surface area contributed by atoms with Gasteiger partial charge in [-0.3, -0.25) is 4.79 Å². The van der Waals surface area contributed by atoms with Crippen molar-refractivity contribution >= 4 is 16.7 Å². The second kappa shape index (κ2) is 7.08. The van der Waals surface area contributed by atoms with Crippen LogP contribution in [0.15, 0.2) is 45.6 Å². The number of rotatable bonds is 3. The molecular formula is C22H23N5O2. The van der Waals surface area contributed by atoms with Crippen LogP contribution in [-0.4, -0.2) is 44.1 Å². The minimum absolute atomic E-state index is 0.174. The highest BCUT2D eigenvalue weighted by Crippen LogP contribution is 2.27. The van der Waals surface area contributed by atoms with E-state index >= 15 is 0 Å². The molecule has 4 aromatic rings. The number of hydrogen-bond acceptors (Lipinski definition) is 6. The normalized spacial score (nSPS) is 16.1. The van der Waals surface area contributed by atoms with Crippen molar-refractivity contribution in [2.24, 2.45) is 0 Å². The quantitative estimate of drug-likeness (QED) is 0.534. The van der Waals surface area contributed by atoms with Gasteiger partial charge in [0.1, 0.15) is 5.52 Å². The van der Waals surface area contributed by atoms with Gasteiger partial charge in [-0.15, -0.1) is 0 Å². The number of piperidine rings is 1. The molecule has 1 saturated heterocycles. The molecule has 4 heterocycles. The zero-order valence-corrected chi connectivity index (χ0v) is 16.6. The fourth-order valence-corrected chi connectivity index (χ4v) is 4.12. The standard InChI is InChI=1S/C22H23N5O2/c1-3-26-10-8-15(9-11-26)17-6-7-21-24-19(13-22(28)27(21)25-17)16-4-5-18-20(12-16)29-14(2)23-18/h4-7,12-13,15H,3,8-11H2,1-2H3. The van der Waals surface area contributed by atoms with Gasteiger partial charge in [0.2, 0.25) is 0 Å². The first kappa shape index (κ1) is 18.0. The molecule has 1 aromatic carbocycles. The summed E-state index contributed by atoms with van der Waals surface area (Å²) in [6.45, 7) is 7.25. The third kappa shape index (κ3) is 3.31. The number of aryl methyl sites for hydroxylation is 1. The Balaban J connectivity index is 1.50. The van der Waals surface area contributed by atoms with Crippen LogP contribution in [0.25, 0.3) is 28.0 Å². The second-order valence-electron chi connectivity index (χ2n) is 7.63. The van der Waals surface area contributed by atoms with Gasteiger partial charge in [-0.25, -0.2) is 9.97 Å². The lowest BCUT2D eigenvalue weighted by Crippen LogP contribution is -2.33. The van der Waals surface area contributed by atoms with E-state index in [2.05, 4.69) is 26.9 Å². The van der Waals surface area contributed by atoms with E-state index in [-0.39, 0.29) is 5.56 Å². The molecule has 5 rings (SSSR count). The summed E-state index contributed by atoms with van der Waals surface area (Å²) < 4.78 is 7.03. The smallest absolute Gasteiger partial charge is 0.275 e. The van der Waals surface area contributed by atoms with Crippen molar-refractivity contribution in [1.82, 2.24) is 24.5 Å². The molecule has 1 aliphatic rings. The van der Waals surface area contributed by atoms with E-state index in [0.717, 1.165) is 49.2 Å². The van der Waals surface area contributed by atoms with E-state index < -0.39 is 0 Å². The van der Waals surface area contributed by atoms with Crippen LogP contribution in [-0.2, 0) is 0 Å². The largest absolute Gasteiger partial charge is 0.441 e. The molecule has 3 aromatic heterocycles. The van der Waals surface area contributed by atoms with Gasteiger partial charge in [0, 0.05) is 24.5 Å². The Labute approximate surface area is 168 Å². The number of likely N-dealkylation sites (tertiary alicyclic amines) is 1. The zero-order valence-electron chi connectivity index (χ0n) is 16.6. The number of fused-ring (bicyclic) bond motifs is 2. The molecule has 148 valence electrons. The second-order valence-corrected chi connectivity index (χ2v) is 7.63. The Hall–Kier alpha value is -3.06. The van der Waals surface area contributed by atoms with E-state index in [0.29, 0.717) is 28.7 Å². The Kier molecular flexibility index (Phi) is 4.39. The van der Waals surface area contributed by atoms with Crippen LogP contribution in [0.2, 0.25) is 0 Å². The molecule has 0 amide bonds. The van der Waals surface area contributed by atoms with E-state index in [9.17, 15) is 4.79 Å². The molecule has 0 unspecified atom stereocenters. The number of benzene rings is 1. The van der Waals surface area contributed by atoms with Crippen molar-refractivity contribution in [1.29, 1.82) is 0 Å². The number of nitrogens with zero attached hydrogens (tertiary/aromatic N) is 5. The van der Waals surface area contributed by atoms with Crippen LogP contribution in [0.5, 0.6) is 0 Å². The third-order valence-corrected chi connectivity index (χ3v) is 5.78. The lowest BCUT2D eigenvalue weighted by molar-refractivity contribution is 0.220. The molecule has 7 nitrogen and oxygen atoms in total. The first-order valence-electron chi connectivity index (χ1n) is 10.1. The fraction of sp³-hybridized carbons (Fsp3) is 0.364. The summed E-state index contributed by atoms with van der Waals surface area (Å²) in [6.07, 6.45) is 2.15. The SMILES string of the molecule is CCN1CCC(c2ccc3nc(-c4ccc5nc(C)oc5c4)cc(=O)n3n2)CC1. The zero-order chi connectivity index (χ0) is 20.0. The molecular weight excluding hydrogens is 366 g/mol. The van der Waals surface area contributed by atoms with Crippen LogP contribution in [0, 0.1) is 6.92 Å². The summed E-state index contributed by atoms with van der Waals surface area (Å²) in [6, 6.07) is 11.1. The molecule has 0 aliphatic carbocycles. The van der Waals surface area contributed by atoms with Crippen molar-refractivity contribution in [2.45, 2.75) is 32.6 Å². The van der Waals surface area contributed by atoms with E-state index in [1.165, 1.54) is 10.6 Å². The van der Waals surface area contributed by atoms with Gasteiger partial charge in [0.05, 0.1) is 11.4 Å². The summed E-state index contributed by atoms with van der Waals surface area (Å²) in [4.78, 5) is 24.2. The predicted molar refractivity (Wildman–Crippen MR) is 111 cm³/mol. The highest BCUT2D eigenvalue weighted by molar-refractivity contribution is 5.79. The molecule has 0 radical (unpaired) electrons. The van der Waals surface area contributed by atoms with Crippen LogP contribution >= 0.6 is 0 Å². The summed E-state index contributed by atoms with van der Waals surface area (Å²) in [5.74, 6) is 1.01. The van der Waals surface area contributed by atoms with Gasteiger partial charge < -0.3 is 9.32 Å². The molecule has 1 aliphatic heterocycles. The van der Waals surface area contributed by atoms with Gasteiger partial charge in [-0.2, -0.15) is 9.61 Å². The third-order valence-electron chi connectivity index (χ3n) is 5.78. The lowest BCUT2D eigenvalue weighted by atomic mass is 9.93. The first-order chi connectivity index (χ1) is 14.1. The number of aromatic nitrogens is 4. The monoisotopic (exact) mass is 389 g/mol. The summed E-state index contributed by atoms with van der Waals surface area (Å²) in [5.41, 5.74) is 4.27. The lowest BCUT2D eigenvalue weighted by Gasteiger charge is -2.30. The minimum Gasteiger partial charge on any atom is -0.441 e. The molecule has 7 heteroatoms. The summed E-state index contributed by atoms with van der Waals surface area (Å²) in [7, 11) is 0. The van der Waals surface area contributed by atoms with Crippen LogP contribution in [0.4, 0.5) is 0 Å². The van der Waals surface area contributed by atoms with Crippen LogP contribution in [0.1, 0.15) is 37.3 Å². The van der Waals surface area contributed by atoms with Crippen LogP contribution in [0.3, 0.4) is 0 Å². The molecule has 1 fully saturated rings. The Bertz CT molecular complexity index is 1250. The van der Waals surface area contributed by atoms with Crippen LogP contribution < -0.4 is 5.56 Å². The Morgan fingerprint density at radius 3 is 2.72 bits per heavy atom. The maximum atomic E-state index is 12.8. The molecule has 0 bridgehead atoms. The molecule has 29 heavy (non-hydrogen) atoms. The van der Waals surface area contributed by atoms with E-state index in [4.69, 9.17) is 4.42 Å². The van der Waals surface area contributed by atoms with Gasteiger partial charge in [-0.1, -0.05) is 13.0 Å². The Morgan fingerprint density at radius 2 is 1.93 bits per heavy atom. The molecule has 0 spiro atoms. The van der Waals surface area contributed by atoms with E-state index in [1.807, 2.05) is 37.3 Å². The maximum Gasteiger partial charge on any atom is 0.275 e. The van der Waals surface area contributed by atoms with Crippen molar-refractivity contribution < 1.29 is 4.42 Å².